The van der Waals surface area contributed by atoms with Gasteiger partial charge in [0.05, 0.1) is 23.4 Å². The van der Waals surface area contributed by atoms with Crippen LogP contribution in [0.4, 0.5) is 5.69 Å². The minimum Gasteiger partial charge on any atom is -0.507 e. The quantitative estimate of drug-likeness (QED) is 0.320. The van der Waals surface area contributed by atoms with Gasteiger partial charge in [-0.05, 0) is 37.1 Å². The molecule has 43 heavy (non-hydrogen) atoms. The Morgan fingerprint density at radius 3 is 2.12 bits per heavy atom. The number of hydrogen-bond donors (Lipinski definition) is 3. The van der Waals surface area contributed by atoms with Crippen molar-refractivity contribution in [2.45, 2.75) is 70.1 Å². The summed E-state index contributed by atoms with van der Waals surface area (Å²) in [4.78, 5) is 84.7. The van der Waals surface area contributed by atoms with Crippen molar-refractivity contribution in [2.24, 2.45) is 29.4 Å². The van der Waals surface area contributed by atoms with Gasteiger partial charge in [0.15, 0.2) is 34.7 Å². The van der Waals surface area contributed by atoms with Crippen molar-refractivity contribution in [3.05, 3.63) is 22.8 Å². The number of nitrogens with zero attached hydrogens (tertiary/aromatic N) is 2. The Labute approximate surface area is 250 Å². The third-order valence-electron chi connectivity index (χ3n) is 9.38. The molecule has 2 unspecified atom stereocenters. The van der Waals surface area contributed by atoms with E-state index in [4.69, 9.17) is 10.5 Å². The van der Waals surface area contributed by atoms with E-state index in [9.17, 15) is 39.0 Å². The van der Waals surface area contributed by atoms with Gasteiger partial charge in [0.25, 0.3) is 0 Å². The predicted octanol–water partition coefficient (Wildman–Crippen LogP) is 0.723. The molecule has 3 aliphatic rings. The molecule has 1 aromatic rings. The molecule has 0 saturated heterocycles. The lowest BCUT2D eigenvalue weighted by Crippen LogP contribution is -2.78. The lowest BCUT2D eigenvalue weighted by Gasteiger charge is -2.56. The lowest BCUT2D eigenvalue weighted by molar-refractivity contribution is -0.205. The molecule has 0 heterocycles. The van der Waals surface area contributed by atoms with Crippen LogP contribution in [-0.2, 0) is 34.1 Å². The van der Waals surface area contributed by atoms with Crippen molar-refractivity contribution in [3.63, 3.8) is 0 Å². The predicted molar refractivity (Wildman–Crippen MR) is 155 cm³/mol. The summed E-state index contributed by atoms with van der Waals surface area (Å²) in [5.74, 6) is -14.2. The molecule has 0 aromatic heterocycles. The van der Waals surface area contributed by atoms with Crippen LogP contribution in [0.1, 0.15) is 68.4 Å². The second-order valence-corrected chi connectivity index (χ2v) is 13.4. The highest BCUT2D eigenvalue weighted by molar-refractivity contribution is 6.32. The van der Waals surface area contributed by atoms with Gasteiger partial charge in [0, 0.05) is 37.7 Å². The molecule has 4 rings (SSSR count). The number of fused-ring (bicyclic) bond motifs is 3. The molecule has 0 spiro atoms. The van der Waals surface area contributed by atoms with Crippen LogP contribution >= 0.6 is 0 Å². The number of ketones is 4. The summed E-state index contributed by atoms with van der Waals surface area (Å²) >= 11 is 0. The smallest absolute Gasteiger partial charge is 0.305 e. The highest BCUT2D eigenvalue weighted by atomic mass is 16.5. The van der Waals surface area contributed by atoms with Crippen LogP contribution < -0.4 is 10.6 Å². The lowest BCUT2D eigenvalue weighted by atomic mass is 9.49. The van der Waals surface area contributed by atoms with Crippen molar-refractivity contribution < 1.29 is 43.7 Å². The Morgan fingerprint density at radius 1 is 1.07 bits per heavy atom. The fraction of sp³-hybridized carbons (Fsp3) is 0.613. The number of carbonyl (C=O) groups is 6. The molecule has 3 aliphatic carbocycles. The molecule has 2 fully saturated rings. The number of anilines is 1. The van der Waals surface area contributed by atoms with Crippen LogP contribution in [0.2, 0.25) is 0 Å². The fourth-order valence-electron chi connectivity index (χ4n) is 7.41. The van der Waals surface area contributed by atoms with Crippen LogP contribution in [0.5, 0.6) is 5.75 Å². The molecule has 0 bridgehead atoms. The number of amides is 1. The van der Waals surface area contributed by atoms with Gasteiger partial charge < -0.3 is 25.6 Å². The molecule has 8 atom stereocenters. The molecule has 4 N–H and O–H groups in total. The molecule has 2 saturated carbocycles. The summed E-state index contributed by atoms with van der Waals surface area (Å²) in [5, 5.41) is 23.7. The SMILES string of the molecule is CCC(=O)O[C@H]1[C@H]2C(C(=O)c3c(O)c(C(C)(C)C)cc(N(C)C)c3[C@@H]2C)C(=O)[C@]2(O)C(=O)C(C(N)=O)C(=O)[C@@H](N(C)C)[C@H]12. The zero-order valence-corrected chi connectivity index (χ0v) is 26.0. The number of esters is 1. The van der Waals surface area contributed by atoms with Gasteiger partial charge in [-0.25, -0.2) is 0 Å². The Morgan fingerprint density at radius 2 is 1.65 bits per heavy atom. The molecule has 12 heteroatoms. The monoisotopic (exact) mass is 599 g/mol. The van der Waals surface area contributed by atoms with Crippen molar-refractivity contribution in [1.29, 1.82) is 0 Å². The number of phenols is 1. The highest BCUT2D eigenvalue weighted by Gasteiger charge is 2.74. The summed E-state index contributed by atoms with van der Waals surface area (Å²) < 4.78 is 5.88. The third-order valence-corrected chi connectivity index (χ3v) is 9.38. The van der Waals surface area contributed by atoms with Crippen molar-refractivity contribution in [3.8, 4) is 5.75 Å². The van der Waals surface area contributed by atoms with E-state index in [0.717, 1.165) is 0 Å². The molecular formula is C31H41N3O9. The summed E-state index contributed by atoms with van der Waals surface area (Å²) in [6, 6.07) is 0.341. The van der Waals surface area contributed by atoms with E-state index in [1.165, 1.54) is 25.9 Å². The standard InChI is InChI=1S/C31H41N3O9/c1-10-15(35)43-26-17-12(2)16-14(33(6)7)11-13(30(3,4)5)23(36)18(16)24(37)19(17)27(39)31(42)21(26)22(34(8)9)25(38)20(28(31)40)29(32)41/h11-12,17,19-22,26,36,42H,10H2,1-9H3,(H2,32,41)/t12-,17+,19?,20?,21+,22-,26-,31-/m0/s1. The van der Waals surface area contributed by atoms with Crippen molar-refractivity contribution >= 4 is 40.7 Å². The zero-order chi connectivity index (χ0) is 32.7. The second-order valence-electron chi connectivity index (χ2n) is 13.4. The van der Waals surface area contributed by atoms with Gasteiger partial charge in [0.2, 0.25) is 5.91 Å². The first-order valence-electron chi connectivity index (χ1n) is 14.4. The van der Waals surface area contributed by atoms with Crippen molar-refractivity contribution in [2.75, 3.05) is 33.1 Å². The maximum atomic E-state index is 14.5. The second kappa shape index (κ2) is 10.5. The summed E-state index contributed by atoms with van der Waals surface area (Å²) in [5.41, 5.74) is 3.10. The molecule has 234 valence electrons. The van der Waals surface area contributed by atoms with Gasteiger partial charge in [-0.3, -0.25) is 33.7 Å². The molecule has 1 aromatic carbocycles. The highest BCUT2D eigenvalue weighted by Crippen LogP contribution is 2.57. The number of ether oxygens (including phenoxy) is 1. The number of phenolic OH excluding ortho intramolecular Hbond substituents is 1. The Bertz CT molecular complexity index is 1440. The van der Waals surface area contributed by atoms with E-state index in [2.05, 4.69) is 0 Å². The van der Waals surface area contributed by atoms with E-state index in [-0.39, 0.29) is 17.7 Å². The first-order chi connectivity index (χ1) is 19.7. The number of nitrogens with two attached hydrogens (primary N) is 1. The first-order valence-corrected chi connectivity index (χ1v) is 14.4. The van der Waals surface area contributed by atoms with E-state index in [1.807, 2.05) is 20.8 Å². The summed E-state index contributed by atoms with van der Waals surface area (Å²) in [6.45, 7) is 8.83. The number of primary amides is 1. The first kappa shape index (κ1) is 32.3. The molecule has 0 aliphatic heterocycles. The Hall–Kier alpha value is -3.64. The molecule has 12 nitrogen and oxygen atoms in total. The number of carbonyl (C=O) groups excluding carboxylic acids is 6. The van der Waals surface area contributed by atoms with Crippen LogP contribution in [0.3, 0.4) is 0 Å². The maximum absolute atomic E-state index is 14.5. The van der Waals surface area contributed by atoms with E-state index >= 15 is 0 Å². The topological polar surface area (TPSA) is 185 Å². The number of aromatic hydroxyl groups is 1. The Kier molecular flexibility index (Phi) is 7.89. The minimum absolute atomic E-state index is 0.108. The average Bonchev–Trinajstić information content (AvgIpc) is 2.88. The number of hydrogen-bond acceptors (Lipinski definition) is 11. The number of likely N-dealkylation sites (N-methyl/N-ethyl adjacent to an activating group) is 1. The molecule has 1 amide bonds. The van der Waals surface area contributed by atoms with Crippen LogP contribution in [0.25, 0.3) is 0 Å². The number of Topliss-reactive ketones (excluding diaryl/α,β-unsaturated/α-hetero) is 4. The molecular weight excluding hydrogens is 558 g/mol. The molecule has 0 radical (unpaired) electrons. The Balaban J connectivity index is 2.11. The van der Waals surface area contributed by atoms with E-state index < -0.39 is 87.8 Å². The van der Waals surface area contributed by atoms with Gasteiger partial charge in [-0.2, -0.15) is 0 Å². The van der Waals surface area contributed by atoms with Crippen LogP contribution in [-0.4, -0.2) is 96.1 Å². The van der Waals surface area contributed by atoms with E-state index in [1.54, 1.807) is 32.0 Å². The van der Waals surface area contributed by atoms with Crippen molar-refractivity contribution in [1.82, 2.24) is 4.90 Å². The number of benzene rings is 1. The largest absolute Gasteiger partial charge is 0.507 e. The summed E-state index contributed by atoms with van der Waals surface area (Å²) in [6.07, 6.45) is -1.58. The average molecular weight is 600 g/mol. The number of aliphatic hydroxyl groups is 1. The van der Waals surface area contributed by atoms with E-state index in [0.29, 0.717) is 16.8 Å². The van der Waals surface area contributed by atoms with Crippen LogP contribution in [0.15, 0.2) is 6.07 Å². The third kappa shape index (κ3) is 4.48. The normalized spacial score (nSPS) is 32.2. The summed E-state index contributed by atoms with van der Waals surface area (Å²) in [7, 11) is 6.47. The minimum atomic E-state index is -3.06. The fourth-order valence-corrected chi connectivity index (χ4v) is 7.41. The van der Waals surface area contributed by atoms with Crippen LogP contribution in [0, 0.1) is 23.7 Å². The maximum Gasteiger partial charge on any atom is 0.305 e. The number of rotatable bonds is 5. The van der Waals surface area contributed by atoms with Gasteiger partial charge >= 0.3 is 5.97 Å². The van der Waals surface area contributed by atoms with Gasteiger partial charge in [-0.15, -0.1) is 0 Å². The zero-order valence-electron chi connectivity index (χ0n) is 26.0. The van der Waals surface area contributed by atoms with Gasteiger partial charge in [0.1, 0.15) is 11.9 Å². The van der Waals surface area contributed by atoms with Gasteiger partial charge in [-0.1, -0.05) is 34.6 Å².